The predicted octanol–water partition coefficient (Wildman–Crippen LogP) is 8.22. The van der Waals surface area contributed by atoms with Crippen molar-refractivity contribution in [2.24, 2.45) is 0 Å². The first-order valence-electron chi connectivity index (χ1n) is 22.1. The van der Waals surface area contributed by atoms with Crippen LogP contribution in [-0.2, 0) is 32.8 Å². The molecule has 2 aliphatic rings. The Balaban J connectivity index is 1.16. The third-order valence-corrected chi connectivity index (χ3v) is 15.6. The van der Waals surface area contributed by atoms with Crippen molar-refractivity contribution in [3.63, 3.8) is 0 Å². The Morgan fingerprint density at radius 3 is 1.59 bits per heavy atom. The molecule has 4 aromatic carbocycles. The van der Waals surface area contributed by atoms with E-state index in [2.05, 4.69) is 57.1 Å². The number of ether oxygens (including phenoxy) is 2. The number of hydrazine groups is 1. The van der Waals surface area contributed by atoms with Crippen molar-refractivity contribution in [1.82, 2.24) is 19.8 Å². The molecular weight excluding hydrogens is 841 g/mol. The van der Waals surface area contributed by atoms with Gasteiger partial charge in [-0.15, -0.1) is 0 Å². The van der Waals surface area contributed by atoms with Gasteiger partial charge in [0.2, 0.25) is 0 Å². The number of aromatic nitrogens is 2. The van der Waals surface area contributed by atoms with Gasteiger partial charge in [0.25, 0.3) is 0 Å². The molecule has 6 aromatic rings. The summed E-state index contributed by atoms with van der Waals surface area (Å²) in [6, 6.07) is 24.7. The smallest absolute Gasteiger partial charge is 0.318 e. The molecule has 0 atom stereocenters. The molecule has 0 spiro atoms. The van der Waals surface area contributed by atoms with Crippen LogP contribution in [0.3, 0.4) is 0 Å². The van der Waals surface area contributed by atoms with Gasteiger partial charge < -0.3 is 18.3 Å². The number of hydrogen-bond donors (Lipinski definition) is 0. The van der Waals surface area contributed by atoms with Crippen LogP contribution in [0.15, 0.2) is 97.5 Å². The highest BCUT2D eigenvalue weighted by Gasteiger charge is 2.40. The largest absolute Gasteiger partial charge is 0.494 e. The van der Waals surface area contributed by atoms with Gasteiger partial charge in [-0.2, -0.15) is 9.97 Å². The lowest BCUT2D eigenvalue weighted by atomic mass is 10.0. The topological polar surface area (TPSA) is 152 Å². The molecule has 8 rings (SSSR count). The third-order valence-electron chi connectivity index (χ3n) is 12.2. The molecular formula is C47H58N6O8S2. The van der Waals surface area contributed by atoms with Crippen LogP contribution in [0.2, 0.25) is 0 Å². The summed E-state index contributed by atoms with van der Waals surface area (Å²) >= 11 is 0. The fourth-order valence-corrected chi connectivity index (χ4v) is 10.5. The molecule has 14 nitrogen and oxygen atoms in total. The second-order valence-corrected chi connectivity index (χ2v) is 20.9. The highest BCUT2D eigenvalue weighted by molar-refractivity contribution is 7.91. The molecule has 0 saturated carbocycles. The number of nitrogens with zero attached hydrogens (tertiary/aromatic N) is 6. The van der Waals surface area contributed by atoms with Gasteiger partial charge in [0.15, 0.2) is 30.8 Å². The summed E-state index contributed by atoms with van der Waals surface area (Å²) in [7, 11) is -7.00. The molecule has 0 bridgehead atoms. The zero-order valence-electron chi connectivity index (χ0n) is 36.8. The van der Waals surface area contributed by atoms with Crippen LogP contribution in [0.25, 0.3) is 22.2 Å². The van der Waals surface area contributed by atoms with Crippen LogP contribution in [-0.4, -0.2) is 99.6 Å². The average molecular weight is 899 g/mol. The second kappa shape index (κ2) is 18.9. The van der Waals surface area contributed by atoms with E-state index in [-0.39, 0.29) is 33.4 Å². The highest BCUT2D eigenvalue weighted by Crippen LogP contribution is 2.37. The van der Waals surface area contributed by atoms with Crippen LogP contribution in [0.1, 0.15) is 70.1 Å². The van der Waals surface area contributed by atoms with Gasteiger partial charge in [0, 0.05) is 39.3 Å². The third kappa shape index (κ3) is 9.83. The number of anilines is 2. The molecule has 2 fully saturated rings. The van der Waals surface area contributed by atoms with Crippen molar-refractivity contribution in [3.05, 3.63) is 95.6 Å². The first-order chi connectivity index (χ1) is 30.4. The van der Waals surface area contributed by atoms with Crippen molar-refractivity contribution < 1.29 is 35.1 Å². The molecule has 4 heterocycles. The van der Waals surface area contributed by atoms with E-state index >= 15 is 0 Å². The second-order valence-electron chi connectivity index (χ2n) is 16.4. The Bertz CT molecular complexity index is 2760. The van der Waals surface area contributed by atoms with Crippen LogP contribution in [0, 0.1) is 6.92 Å². The van der Waals surface area contributed by atoms with E-state index in [9.17, 15) is 16.8 Å². The lowest BCUT2D eigenvalue weighted by Crippen LogP contribution is -2.59. The predicted molar refractivity (Wildman–Crippen MR) is 245 cm³/mol. The normalized spacial score (nSPS) is 16.2. The summed E-state index contributed by atoms with van der Waals surface area (Å²) in [6.07, 6.45) is 3.01. The summed E-state index contributed by atoms with van der Waals surface area (Å²) in [5, 5.41) is 4.18. The molecule has 0 unspecified atom stereocenters. The minimum Gasteiger partial charge on any atom is -0.494 e. The van der Waals surface area contributed by atoms with E-state index in [0.29, 0.717) is 47.4 Å². The zero-order chi connectivity index (χ0) is 44.3. The average Bonchev–Trinajstić information content (AvgIpc) is 3.91. The number of likely N-dealkylation sites (tertiary alicyclic amines) is 2. The molecule has 0 N–H and O–H groups in total. The van der Waals surface area contributed by atoms with Gasteiger partial charge in [0.05, 0.1) is 46.6 Å². The van der Waals surface area contributed by atoms with Crippen LogP contribution in [0.5, 0.6) is 11.5 Å². The number of aryl methyl sites for hydroxylation is 1. The molecule has 2 aromatic heterocycles. The van der Waals surface area contributed by atoms with Crippen molar-refractivity contribution in [2.75, 3.05) is 60.9 Å². The van der Waals surface area contributed by atoms with Crippen LogP contribution in [0.4, 0.5) is 12.0 Å². The summed E-state index contributed by atoms with van der Waals surface area (Å²) in [6.45, 7) is 15.2. The summed E-state index contributed by atoms with van der Waals surface area (Å²) in [5.74, 6) is 1.69. The van der Waals surface area contributed by atoms with Crippen LogP contribution >= 0.6 is 0 Å². The monoisotopic (exact) mass is 898 g/mol. The minimum atomic E-state index is -3.50. The molecule has 0 radical (unpaired) electrons. The van der Waals surface area contributed by atoms with Gasteiger partial charge in [-0.1, -0.05) is 38.1 Å². The fourth-order valence-electron chi connectivity index (χ4n) is 8.67. The van der Waals surface area contributed by atoms with Gasteiger partial charge in [-0.25, -0.2) is 26.9 Å². The number of oxazole rings is 2. The Morgan fingerprint density at radius 2 is 1.11 bits per heavy atom. The number of fused-ring (bicyclic) bond motifs is 2. The molecule has 0 amide bonds. The van der Waals surface area contributed by atoms with Gasteiger partial charge in [-0.3, -0.25) is 9.80 Å². The summed E-state index contributed by atoms with van der Waals surface area (Å²) in [4.78, 5) is 15.3. The number of piperidine rings is 2. The van der Waals surface area contributed by atoms with E-state index in [1.807, 2.05) is 26.0 Å². The highest BCUT2D eigenvalue weighted by atomic mass is 32.2. The Labute approximate surface area is 370 Å². The van der Waals surface area contributed by atoms with Crippen molar-refractivity contribution in [1.29, 1.82) is 0 Å². The first kappa shape index (κ1) is 44.4. The Morgan fingerprint density at radius 1 is 0.619 bits per heavy atom. The lowest BCUT2D eigenvalue weighted by molar-refractivity contribution is 0.178. The fraction of sp³-hybridized carbons (Fsp3) is 0.447. The SMILES string of the molecule is CCOc1cccc(CN2CCC(N(c3nc4cc(S(=O)(=O)CC)ccc4o3)N(c3nc4cc(S(=O)(=O)CC)ccc4o3)C3CCN(Cc4ccc(C)c(OCC)c4)CC3)CC2)c1. The number of benzene rings is 4. The van der Waals surface area contributed by atoms with E-state index in [4.69, 9.17) is 28.3 Å². The van der Waals surface area contributed by atoms with E-state index in [0.717, 1.165) is 82.0 Å². The first-order valence-corrected chi connectivity index (χ1v) is 25.4. The minimum absolute atomic E-state index is 0.0348. The molecule has 63 heavy (non-hydrogen) atoms. The van der Waals surface area contributed by atoms with E-state index in [1.54, 1.807) is 50.2 Å². The maximum Gasteiger partial charge on any atom is 0.318 e. The number of rotatable bonds is 17. The van der Waals surface area contributed by atoms with Gasteiger partial charge >= 0.3 is 12.0 Å². The molecule has 2 saturated heterocycles. The van der Waals surface area contributed by atoms with Crippen LogP contribution < -0.4 is 19.5 Å². The molecule has 0 aliphatic carbocycles. The maximum atomic E-state index is 13.0. The summed E-state index contributed by atoms with van der Waals surface area (Å²) < 4.78 is 76.8. The Kier molecular flexibility index (Phi) is 13.3. The van der Waals surface area contributed by atoms with E-state index in [1.165, 1.54) is 11.1 Å². The van der Waals surface area contributed by atoms with E-state index < -0.39 is 19.7 Å². The van der Waals surface area contributed by atoms with Crippen molar-refractivity contribution in [2.45, 2.75) is 95.3 Å². The Hall–Kier alpha value is -5.16. The van der Waals surface area contributed by atoms with Crippen molar-refractivity contribution >= 4 is 53.9 Å². The summed E-state index contributed by atoms with van der Waals surface area (Å²) in [5.41, 5.74) is 5.26. The molecule has 16 heteroatoms. The van der Waals surface area contributed by atoms with Gasteiger partial charge in [-0.05, 0) is 118 Å². The molecule has 336 valence electrons. The van der Waals surface area contributed by atoms with Crippen molar-refractivity contribution in [3.8, 4) is 11.5 Å². The quantitative estimate of drug-likeness (QED) is 0.0809. The standard InChI is InChI=1S/C47H58N6O8S2/c1-6-58-38-12-10-11-34(27-38)31-50-23-19-36(20-24-50)52(46-48-41-29-39(62(54,55)8-3)15-17-43(41)60-46)53(47-49-42-30-40(63(56,57)9-4)16-18-44(42)61-47)37-21-25-51(26-22-37)32-35-14-13-33(5)45(28-35)59-7-2/h10-18,27-30,36-37H,6-9,19-26,31-32H2,1-5H3. The maximum absolute atomic E-state index is 13.0. The number of hydrogen-bond acceptors (Lipinski definition) is 14. The van der Waals surface area contributed by atoms with Gasteiger partial charge in [0.1, 0.15) is 22.5 Å². The molecule has 2 aliphatic heterocycles. The zero-order valence-corrected chi connectivity index (χ0v) is 38.5. The lowest BCUT2D eigenvalue weighted by Gasteiger charge is -2.47. The number of sulfone groups is 2.